The Bertz CT molecular complexity index is 642. The molecule has 1 saturated heterocycles. The molecule has 1 aliphatic heterocycles. The third kappa shape index (κ3) is 2.72. The monoisotopic (exact) mass is 299 g/mol. The van der Waals surface area contributed by atoms with E-state index in [0.29, 0.717) is 0 Å². The van der Waals surface area contributed by atoms with Crippen molar-refractivity contribution in [1.82, 2.24) is 9.78 Å². The molecule has 7 heteroatoms. The first-order valence-electron chi connectivity index (χ1n) is 6.63. The summed E-state index contributed by atoms with van der Waals surface area (Å²) in [6.45, 7) is 1.75. The van der Waals surface area contributed by atoms with Gasteiger partial charge in [0.05, 0.1) is 0 Å². The van der Waals surface area contributed by atoms with Crippen molar-refractivity contribution in [3.8, 4) is 5.69 Å². The summed E-state index contributed by atoms with van der Waals surface area (Å²) in [5, 5.41) is 3.38. The van der Waals surface area contributed by atoms with Crippen molar-refractivity contribution < 1.29 is 17.6 Å². The highest BCUT2D eigenvalue weighted by Crippen LogP contribution is 2.29. The topological polar surface area (TPSA) is 21.1 Å². The van der Waals surface area contributed by atoms with Crippen molar-refractivity contribution in [2.24, 2.45) is 0 Å². The van der Waals surface area contributed by atoms with Crippen LogP contribution in [0.5, 0.6) is 0 Å². The Kier molecular flexibility index (Phi) is 3.35. The zero-order valence-corrected chi connectivity index (χ0v) is 11.1. The molecule has 0 atom stereocenters. The van der Waals surface area contributed by atoms with Crippen molar-refractivity contribution in [3.05, 3.63) is 42.0 Å². The van der Waals surface area contributed by atoms with Crippen LogP contribution in [0.15, 0.2) is 30.5 Å². The highest BCUT2D eigenvalue weighted by molar-refractivity contribution is 5.52. The van der Waals surface area contributed by atoms with E-state index in [-0.39, 0.29) is 5.69 Å². The summed E-state index contributed by atoms with van der Waals surface area (Å²) in [6.07, 6.45) is -1.29. The number of aromatic nitrogens is 2. The summed E-state index contributed by atoms with van der Waals surface area (Å²) in [6, 6.07) is 5.33. The summed E-state index contributed by atoms with van der Waals surface area (Å²) in [5.41, 5.74) is -0.282. The Hall–Kier alpha value is -2.05. The molecule has 1 aliphatic rings. The Labute approximate surface area is 118 Å². The summed E-state index contributed by atoms with van der Waals surface area (Å²) in [7, 11) is 0. The van der Waals surface area contributed by atoms with Crippen LogP contribution in [0.1, 0.15) is 18.5 Å². The fourth-order valence-electron chi connectivity index (χ4n) is 2.46. The van der Waals surface area contributed by atoms with Gasteiger partial charge < -0.3 is 4.90 Å². The van der Waals surface area contributed by atoms with Gasteiger partial charge in [0.2, 0.25) is 0 Å². The van der Waals surface area contributed by atoms with Gasteiger partial charge in [-0.1, -0.05) is 0 Å². The molecule has 0 amide bonds. The van der Waals surface area contributed by atoms with Gasteiger partial charge in [0.15, 0.2) is 11.5 Å². The number of alkyl halides is 3. The average molecular weight is 299 g/mol. The third-order valence-corrected chi connectivity index (χ3v) is 3.53. The zero-order valence-electron chi connectivity index (χ0n) is 11.1. The molecule has 1 fully saturated rings. The predicted molar refractivity (Wildman–Crippen MR) is 70.0 cm³/mol. The molecule has 0 spiro atoms. The largest absolute Gasteiger partial charge is 0.435 e. The second kappa shape index (κ2) is 5.05. The van der Waals surface area contributed by atoms with Gasteiger partial charge >= 0.3 is 6.18 Å². The Morgan fingerprint density at radius 3 is 2.33 bits per heavy atom. The van der Waals surface area contributed by atoms with E-state index in [4.69, 9.17) is 0 Å². The van der Waals surface area contributed by atoms with Gasteiger partial charge in [-0.05, 0) is 37.1 Å². The lowest BCUT2D eigenvalue weighted by Crippen LogP contribution is -2.17. The molecule has 1 aromatic heterocycles. The minimum absolute atomic E-state index is 0.00782. The van der Waals surface area contributed by atoms with Crippen molar-refractivity contribution in [2.75, 3.05) is 18.0 Å². The molecule has 2 aromatic rings. The minimum Gasteiger partial charge on any atom is -0.371 e. The summed E-state index contributed by atoms with van der Waals surface area (Å²) in [4.78, 5) is 2.05. The first-order valence-corrected chi connectivity index (χ1v) is 6.63. The van der Waals surface area contributed by atoms with Crippen LogP contribution >= 0.6 is 0 Å². The van der Waals surface area contributed by atoms with Gasteiger partial charge in [-0.3, -0.25) is 0 Å². The van der Waals surface area contributed by atoms with Gasteiger partial charge in [0, 0.05) is 25.0 Å². The SMILES string of the molecule is Fc1cc(N2CCCC2)ccc1-n1ccc(C(F)(F)F)n1. The van der Waals surface area contributed by atoms with Crippen molar-refractivity contribution in [2.45, 2.75) is 19.0 Å². The maximum Gasteiger partial charge on any atom is 0.435 e. The summed E-state index contributed by atoms with van der Waals surface area (Å²) < 4.78 is 52.6. The fourth-order valence-corrected chi connectivity index (χ4v) is 2.46. The molecule has 112 valence electrons. The fraction of sp³-hybridized carbons (Fsp3) is 0.357. The number of benzene rings is 1. The van der Waals surface area contributed by atoms with E-state index in [1.54, 1.807) is 6.07 Å². The highest BCUT2D eigenvalue weighted by atomic mass is 19.4. The van der Waals surface area contributed by atoms with Crippen LogP contribution in [-0.2, 0) is 6.18 Å². The van der Waals surface area contributed by atoms with Crippen molar-refractivity contribution in [1.29, 1.82) is 0 Å². The van der Waals surface area contributed by atoms with Crippen molar-refractivity contribution in [3.63, 3.8) is 0 Å². The van der Waals surface area contributed by atoms with Gasteiger partial charge in [-0.15, -0.1) is 0 Å². The van der Waals surface area contributed by atoms with Gasteiger partial charge in [-0.25, -0.2) is 9.07 Å². The van der Waals surface area contributed by atoms with Gasteiger partial charge in [0.25, 0.3) is 0 Å². The van der Waals surface area contributed by atoms with E-state index in [9.17, 15) is 17.6 Å². The van der Waals surface area contributed by atoms with Crippen molar-refractivity contribution >= 4 is 5.69 Å². The quantitative estimate of drug-likeness (QED) is 0.790. The number of rotatable bonds is 2. The molecule has 2 heterocycles. The molecule has 0 aliphatic carbocycles. The van der Waals surface area contributed by atoms with E-state index in [1.807, 2.05) is 0 Å². The Morgan fingerprint density at radius 1 is 1.05 bits per heavy atom. The number of anilines is 1. The molecule has 21 heavy (non-hydrogen) atoms. The summed E-state index contributed by atoms with van der Waals surface area (Å²) >= 11 is 0. The van der Waals surface area contributed by atoms with Crippen LogP contribution in [-0.4, -0.2) is 22.9 Å². The number of hydrogen-bond acceptors (Lipinski definition) is 2. The molecule has 0 radical (unpaired) electrons. The molecule has 0 unspecified atom stereocenters. The second-order valence-corrected chi connectivity index (χ2v) is 4.97. The van der Waals surface area contributed by atoms with E-state index in [2.05, 4.69) is 10.00 Å². The molecule has 1 aromatic carbocycles. The molecular weight excluding hydrogens is 286 g/mol. The normalized spacial score (nSPS) is 15.7. The second-order valence-electron chi connectivity index (χ2n) is 4.97. The lowest BCUT2D eigenvalue weighted by molar-refractivity contribution is -0.141. The molecule has 0 saturated carbocycles. The lowest BCUT2D eigenvalue weighted by Gasteiger charge is -2.18. The minimum atomic E-state index is -4.53. The van der Waals surface area contributed by atoms with Crippen LogP contribution in [0.3, 0.4) is 0 Å². The third-order valence-electron chi connectivity index (χ3n) is 3.53. The van der Waals surface area contributed by atoms with Crippen LogP contribution in [0.25, 0.3) is 5.69 Å². The smallest absolute Gasteiger partial charge is 0.371 e. The van der Waals surface area contributed by atoms with Crippen LogP contribution in [0, 0.1) is 5.82 Å². The maximum atomic E-state index is 14.1. The van der Waals surface area contributed by atoms with Crippen LogP contribution in [0.4, 0.5) is 23.2 Å². The van der Waals surface area contributed by atoms with Gasteiger partial charge in [-0.2, -0.15) is 18.3 Å². The predicted octanol–water partition coefficient (Wildman–Crippen LogP) is 3.63. The first kappa shape index (κ1) is 13.9. The highest BCUT2D eigenvalue weighted by Gasteiger charge is 2.33. The van der Waals surface area contributed by atoms with E-state index in [1.165, 1.54) is 12.1 Å². The molecule has 3 rings (SSSR count). The number of halogens is 4. The lowest BCUT2D eigenvalue weighted by atomic mass is 10.2. The Morgan fingerprint density at radius 2 is 1.76 bits per heavy atom. The average Bonchev–Trinajstić information content (AvgIpc) is 3.09. The molecule has 3 nitrogen and oxygen atoms in total. The number of hydrogen-bond donors (Lipinski definition) is 0. The maximum absolute atomic E-state index is 14.1. The first-order chi connectivity index (χ1) is 9.95. The number of nitrogens with zero attached hydrogens (tertiary/aromatic N) is 3. The molecule has 0 N–H and O–H groups in total. The van der Waals surface area contributed by atoms with E-state index >= 15 is 0 Å². The molecule has 0 bridgehead atoms. The van der Waals surface area contributed by atoms with E-state index < -0.39 is 17.7 Å². The standard InChI is InChI=1S/C14H13F4N3/c15-11-9-10(20-6-1-2-7-20)3-4-12(11)21-8-5-13(19-21)14(16,17)18/h3-5,8-9H,1-2,6-7H2. The Balaban J connectivity index is 1.90. The van der Waals surface area contributed by atoms with Crippen LogP contribution < -0.4 is 4.90 Å². The van der Waals surface area contributed by atoms with E-state index in [0.717, 1.165) is 48.6 Å². The zero-order chi connectivity index (χ0) is 15.0. The van der Waals surface area contributed by atoms with Gasteiger partial charge in [0.1, 0.15) is 5.69 Å². The summed E-state index contributed by atoms with van der Waals surface area (Å²) in [5.74, 6) is -0.587. The molecular formula is C14H13F4N3. The van der Waals surface area contributed by atoms with Crippen LogP contribution in [0.2, 0.25) is 0 Å².